The fraction of sp³-hybridized carbons (Fsp3) is 0.636. The maximum Gasteiger partial charge on any atom is 0.409 e. The highest BCUT2D eigenvalue weighted by Crippen LogP contribution is 2.26. The van der Waals surface area contributed by atoms with Crippen molar-refractivity contribution in [1.29, 1.82) is 0 Å². The molecule has 0 bridgehead atoms. The van der Waals surface area contributed by atoms with Crippen LogP contribution in [0, 0.1) is 0 Å². The molecule has 2 fully saturated rings. The first-order chi connectivity index (χ1) is 14.5. The molecule has 1 unspecified atom stereocenters. The third-order valence-corrected chi connectivity index (χ3v) is 5.94. The Morgan fingerprint density at radius 1 is 1.03 bits per heavy atom. The van der Waals surface area contributed by atoms with Crippen LogP contribution in [0.3, 0.4) is 0 Å². The summed E-state index contributed by atoms with van der Waals surface area (Å²) in [4.78, 5) is 31.1. The van der Waals surface area contributed by atoms with E-state index < -0.39 is 0 Å². The van der Waals surface area contributed by atoms with E-state index in [2.05, 4.69) is 4.90 Å². The first-order valence-electron chi connectivity index (χ1n) is 10.7. The molecule has 1 aromatic rings. The number of hydrogen-bond acceptors (Lipinski definition) is 6. The molecule has 2 heterocycles. The molecule has 1 atom stereocenters. The SMILES string of the molecule is CCOC(=O)N1CCN(C2CCCN(C(=O)Cc3cc(OC)ccc3OC)C2)CC1. The average molecular weight is 420 g/mol. The normalized spacial score (nSPS) is 20.0. The lowest BCUT2D eigenvalue weighted by Crippen LogP contribution is -2.56. The van der Waals surface area contributed by atoms with Gasteiger partial charge in [-0.15, -0.1) is 0 Å². The van der Waals surface area contributed by atoms with Crippen LogP contribution >= 0.6 is 0 Å². The maximum absolute atomic E-state index is 13.0. The number of carbonyl (C=O) groups excluding carboxylic acids is 2. The summed E-state index contributed by atoms with van der Waals surface area (Å²) in [5, 5.41) is 0. The lowest BCUT2D eigenvalue weighted by atomic mass is 10.0. The molecule has 0 saturated carbocycles. The van der Waals surface area contributed by atoms with Crippen LogP contribution in [0.15, 0.2) is 18.2 Å². The zero-order valence-electron chi connectivity index (χ0n) is 18.3. The standard InChI is InChI=1S/C22H33N3O5/c1-4-30-22(27)24-12-10-23(11-13-24)18-6-5-9-25(16-18)21(26)15-17-14-19(28-2)7-8-20(17)29-3/h7-8,14,18H,4-6,9-13,15-16H2,1-3H3. The van der Waals surface area contributed by atoms with Crippen molar-refractivity contribution in [2.75, 3.05) is 60.1 Å². The molecule has 0 spiro atoms. The number of piperazine rings is 1. The fourth-order valence-corrected chi connectivity index (χ4v) is 4.26. The lowest BCUT2D eigenvalue weighted by molar-refractivity contribution is -0.132. The molecule has 0 radical (unpaired) electrons. The molecular weight excluding hydrogens is 386 g/mol. The zero-order chi connectivity index (χ0) is 21.5. The number of hydrogen-bond donors (Lipinski definition) is 0. The molecule has 3 rings (SSSR count). The molecule has 0 aromatic heterocycles. The van der Waals surface area contributed by atoms with Crippen LogP contribution < -0.4 is 9.47 Å². The van der Waals surface area contributed by atoms with Crippen molar-refractivity contribution in [2.24, 2.45) is 0 Å². The van der Waals surface area contributed by atoms with Crippen molar-refractivity contribution in [3.63, 3.8) is 0 Å². The Kier molecular flexibility index (Phi) is 7.79. The summed E-state index contributed by atoms with van der Waals surface area (Å²) < 4.78 is 15.8. The molecule has 8 heteroatoms. The van der Waals surface area contributed by atoms with E-state index in [1.165, 1.54) is 0 Å². The summed E-state index contributed by atoms with van der Waals surface area (Å²) in [5.41, 5.74) is 0.840. The van der Waals surface area contributed by atoms with Crippen LogP contribution in [0.2, 0.25) is 0 Å². The number of benzene rings is 1. The van der Waals surface area contributed by atoms with Gasteiger partial charge in [0.1, 0.15) is 11.5 Å². The van der Waals surface area contributed by atoms with E-state index >= 15 is 0 Å². The van der Waals surface area contributed by atoms with E-state index in [9.17, 15) is 9.59 Å². The molecule has 2 aliphatic rings. The average Bonchev–Trinajstić information content (AvgIpc) is 2.79. The third kappa shape index (κ3) is 5.36. The predicted octanol–water partition coefficient (Wildman–Crippen LogP) is 2.01. The molecule has 1 aromatic carbocycles. The first-order valence-corrected chi connectivity index (χ1v) is 10.7. The second-order valence-corrected chi connectivity index (χ2v) is 7.71. The van der Waals surface area contributed by atoms with Crippen molar-refractivity contribution < 1.29 is 23.8 Å². The quantitative estimate of drug-likeness (QED) is 0.703. The monoisotopic (exact) mass is 419 g/mol. The largest absolute Gasteiger partial charge is 0.497 e. The summed E-state index contributed by atoms with van der Waals surface area (Å²) in [6.45, 7) is 6.70. The van der Waals surface area contributed by atoms with Crippen molar-refractivity contribution in [1.82, 2.24) is 14.7 Å². The van der Waals surface area contributed by atoms with E-state index in [0.717, 1.165) is 50.3 Å². The van der Waals surface area contributed by atoms with Gasteiger partial charge in [0.05, 0.1) is 27.2 Å². The van der Waals surface area contributed by atoms with Gasteiger partial charge in [-0.1, -0.05) is 0 Å². The summed E-state index contributed by atoms with van der Waals surface area (Å²) in [6, 6.07) is 5.87. The van der Waals surface area contributed by atoms with Gasteiger partial charge in [0.25, 0.3) is 0 Å². The number of amides is 2. The Labute approximate surface area is 178 Å². The van der Waals surface area contributed by atoms with Crippen LogP contribution in [0.4, 0.5) is 4.79 Å². The third-order valence-electron chi connectivity index (χ3n) is 5.94. The summed E-state index contributed by atoms with van der Waals surface area (Å²) >= 11 is 0. The molecule has 0 aliphatic carbocycles. The van der Waals surface area contributed by atoms with Crippen molar-refractivity contribution in [3.8, 4) is 11.5 Å². The highest BCUT2D eigenvalue weighted by molar-refractivity contribution is 5.80. The minimum atomic E-state index is -0.232. The Bertz CT molecular complexity index is 733. The number of piperidine rings is 1. The van der Waals surface area contributed by atoms with E-state index in [4.69, 9.17) is 14.2 Å². The van der Waals surface area contributed by atoms with Crippen LogP contribution in [-0.2, 0) is 16.0 Å². The van der Waals surface area contributed by atoms with Crippen LogP contribution in [0.25, 0.3) is 0 Å². The highest BCUT2D eigenvalue weighted by atomic mass is 16.6. The second-order valence-electron chi connectivity index (χ2n) is 7.71. The lowest BCUT2D eigenvalue weighted by Gasteiger charge is -2.43. The smallest absolute Gasteiger partial charge is 0.409 e. The van der Waals surface area contributed by atoms with Gasteiger partial charge in [-0.2, -0.15) is 0 Å². The topological polar surface area (TPSA) is 71.6 Å². The molecule has 2 amide bonds. The Morgan fingerprint density at radius 3 is 2.47 bits per heavy atom. The van der Waals surface area contributed by atoms with Crippen LogP contribution in [0.1, 0.15) is 25.3 Å². The maximum atomic E-state index is 13.0. The van der Waals surface area contributed by atoms with E-state index in [1.54, 1.807) is 19.1 Å². The van der Waals surface area contributed by atoms with Gasteiger partial charge < -0.3 is 24.0 Å². The minimum Gasteiger partial charge on any atom is -0.497 e. The van der Waals surface area contributed by atoms with Gasteiger partial charge in [0.2, 0.25) is 5.91 Å². The predicted molar refractivity (Wildman–Crippen MR) is 113 cm³/mol. The second kappa shape index (κ2) is 10.5. The van der Waals surface area contributed by atoms with Crippen LogP contribution in [-0.4, -0.2) is 92.8 Å². The number of likely N-dealkylation sites (tertiary alicyclic amines) is 1. The zero-order valence-corrected chi connectivity index (χ0v) is 18.3. The summed E-state index contributed by atoms with van der Waals surface area (Å²) in [6.07, 6.45) is 2.13. The van der Waals surface area contributed by atoms with Crippen molar-refractivity contribution >= 4 is 12.0 Å². The van der Waals surface area contributed by atoms with Crippen molar-refractivity contribution in [3.05, 3.63) is 23.8 Å². The highest BCUT2D eigenvalue weighted by Gasteiger charge is 2.31. The van der Waals surface area contributed by atoms with Crippen molar-refractivity contribution in [2.45, 2.75) is 32.2 Å². The first kappa shape index (κ1) is 22.2. The van der Waals surface area contributed by atoms with Gasteiger partial charge in [-0.05, 0) is 38.0 Å². The van der Waals surface area contributed by atoms with Gasteiger partial charge in [0, 0.05) is 50.9 Å². The molecule has 2 aliphatic heterocycles. The summed E-state index contributed by atoms with van der Waals surface area (Å²) in [7, 11) is 3.23. The van der Waals surface area contributed by atoms with E-state index in [-0.39, 0.29) is 12.0 Å². The number of methoxy groups -OCH3 is 2. The molecule has 166 valence electrons. The van der Waals surface area contributed by atoms with E-state index in [0.29, 0.717) is 37.9 Å². The number of rotatable bonds is 6. The van der Waals surface area contributed by atoms with Gasteiger partial charge in [0.15, 0.2) is 0 Å². The molecular formula is C22H33N3O5. The Hall–Kier alpha value is -2.48. The summed E-state index contributed by atoms with van der Waals surface area (Å²) in [5.74, 6) is 1.53. The van der Waals surface area contributed by atoms with E-state index in [1.807, 2.05) is 30.0 Å². The number of ether oxygens (including phenoxy) is 3. The molecule has 2 saturated heterocycles. The molecule has 8 nitrogen and oxygen atoms in total. The Morgan fingerprint density at radius 2 is 1.80 bits per heavy atom. The van der Waals surface area contributed by atoms with Gasteiger partial charge >= 0.3 is 6.09 Å². The van der Waals surface area contributed by atoms with Gasteiger partial charge in [-0.3, -0.25) is 9.69 Å². The number of nitrogens with zero attached hydrogens (tertiary/aromatic N) is 3. The minimum absolute atomic E-state index is 0.108. The molecule has 0 N–H and O–H groups in total. The molecule has 30 heavy (non-hydrogen) atoms. The Balaban J connectivity index is 1.56. The fourth-order valence-electron chi connectivity index (χ4n) is 4.26. The number of carbonyl (C=O) groups is 2. The van der Waals surface area contributed by atoms with Gasteiger partial charge in [-0.25, -0.2) is 4.79 Å². The van der Waals surface area contributed by atoms with Crippen LogP contribution in [0.5, 0.6) is 11.5 Å².